The van der Waals surface area contributed by atoms with Crippen LogP contribution in [0.25, 0.3) is 6.08 Å². The Morgan fingerprint density at radius 2 is 1.71 bits per heavy atom. The number of rotatable bonds is 7. The van der Waals surface area contributed by atoms with Gasteiger partial charge in [0.05, 0.1) is 11.4 Å². The van der Waals surface area contributed by atoms with Crippen LogP contribution < -0.4 is 16.0 Å². The summed E-state index contributed by atoms with van der Waals surface area (Å²) in [6.45, 7) is 2.07. The number of amides is 1. The van der Waals surface area contributed by atoms with Crippen LogP contribution in [-0.4, -0.2) is 26.0 Å². The average molecular weight is 526 g/mol. The van der Waals surface area contributed by atoms with Gasteiger partial charge in [0.15, 0.2) is 5.17 Å². The van der Waals surface area contributed by atoms with E-state index in [1.807, 2.05) is 54.6 Å². The molecule has 0 unspecified atom stereocenters. The summed E-state index contributed by atoms with van der Waals surface area (Å²) in [5, 5.41) is 3.65. The number of aliphatic imine (C=N–C) groups is 1. The first-order chi connectivity index (χ1) is 18.5. The van der Waals surface area contributed by atoms with E-state index in [-0.39, 0.29) is 23.3 Å². The SMILES string of the molecule is CCc1ccccc1Nc1nc(N)nc(CSC2=N/C(=C/c3ccccc3)C(=O)N2c2ccc(F)cc2)n1. The van der Waals surface area contributed by atoms with E-state index in [0.29, 0.717) is 22.6 Å². The number of amidine groups is 1. The molecule has 0 saturated carbocycles. The predicted octanol–water partition coefficient (Wildman–Crippen LogP) is 5.58. The molecule has 0 radical (unpaired) electrons. The van der Waals surface area contributed by atoms with E-state index in [1.54, 1.807) is 18.2 Å². The first-order valence-corrected chi connectivity index (χ1v) is 12.9. The standard InChI is InChI=1S/C28H24FN7OS/c1-2-19-10-6-7-11-22(19)31-27-34-24(33-26(30)35-27)17-38-28-32-23(16-18-8-4-3-5-9-18)25(37)36(28)21-14-12-20(29)13-15-21/h3-16H,2,17H2,1H3,(H3,30,31,33,34,35)/b23-16+. The lowest BCUT2D eigenvalue weighted by molar-refractivity contribution is -0.113. The van der Waals surface area contributed by atoms with Crippen molar-refractivity contribution >= 4 is 52.2 Å². The van der Waals surface area contributed by atoms with E-state index in [0.717, 1.165) is 23.2 Å². The van der Waals surface area contributed by atoms with Gasteiger partial charge in [-0.3, -0.25) is 9.69 Å². The molecular weight excluding hydrogens is 501 g/mol. The van der Waals surface area contributed by atoms with Crippen molar-refractivity contribution in [2.24, 2.45) is 4.99 Å². The zero-order valence-corrected chi connectivity index (χ0v) is 21.3. The van der Waals surface area contributed by atoms with Gasteiger partial charge in [-0.15, -0.1) is 0 Å². The maximum atomic E-state index is 13.6. The summed E-state index contributed by atoms with van der Waals surface area (Å²) in [6, 6.07) is 23.1. The summed E-state index contributed by atoms with van der Waals surface area (Å²) in [7, 11) is 0. The van der Waals surface area contributed by atoms with Gasteiger partial charge in [0.2, 0.25) is 11.9 Å². The number of aryl methyl sites for hydroxylation is 1. The maximum Gasteiger partial charge on any atom is 0.283 e. The van der Waals surface area contributed by atoms with Gasteiger partial charge in [-0.05, 0) is 54.0 Å². The third kappa shape index (κ3) is 5.70. The number of carbonyl (C=O) groups is 1. The molecule has 0 spiro atoms. The minimum atomic E-state index is -0.392. The van der Waals surface area contributed by atoms with Crippen LogP contribution in [0.5, 0.6) is 0 Å². The number of nitrogens with zero attached hydrogens (tertiary/aromatic N) is 5. The van der Waals surface area contributed by atoms with E-state index < -0.39 is 5.82 Å². The van der Waals surface area contributed by atoms with Gasteiger partial charge >= 0.3 is 0 Å². The van der Waals surface area contributed by atoms with Gasteiger partial charge in [0.1, 0.15) is 17.3 Å². The quantitative estimate of drug-likeness (QED) is 0.303. The summed E-state index contributed by atoms with van der Waals surface area (Å²) in [5.41, 5.74) is 9.62. The van der Waals surface area contributed by atoms with Crippen molar-refractivity contribution in [1.29, 1.82) is 0 Å². The van der Waals surface area contributed by atoms with Crippen molar-refractivity contribution in [2.75, 3.05) is 16.0 Å². The van der Waals surface area contributed by atoms with Crippen LogP contribution in [0.3, 0.4) is 0 Å². The molecule has 4 aromatic rings. The van der Waals surface area contributed by atoms with Gasteiger partial charge in [-0.2, -0.15) is 15.0 Å². The fourth-order valence-corrected chi connectivity index (χ4v) is 4.74. The van der Waals surface area contributed by atoms with Gasteiger partial charge in [-0.1, -0.05) is 67.2 Å². The van der Waals surface area contributed by atoms with Crippen molar-refractivity contribution in [1.82, 2.24) is 15.0 Å². The highest BCUT2D eigenvalue weighted by Gasteiger charge is 2.32. The van der Waals surface area contributed by atoms with Crippen molar-refractivity contribution in [3.8, 4) is 0 Å². The number of para-hydroxylation sites is 1. The number of nitrogens with one attached hydrogen (secondary N) is 1. The fourth-order valence-electron chi connectivity index (χ4n) is 3.88. The molecule has 5 rings (SSSR count). The van der Waals surface area contributed by atoms with E-state index in [1.165, 1.54) is 28.8 Å². The highest BCUT2D eigenvalue weighted by molar-refractivity contribution is 8.13. The molecular formula is C28H24FN7OS. The third-order valence-electron chi connectivity index (χ3n) is 5.69. The number of carbonyl (C=O) groups excluding carboxylic acids is 1. The normalized spacial score (nSPS) is 14.2. The lowest BCUT2D eigenvalue weighted by Crippen LogP contribution is -2.30. The number of benzene rings is 3. The van der Waals surface area contributed by atoms with Crippen molar-refractivity contribution in [2.45, 2.75) is 19.1 Å². The zero-order chi connectivity index (χ0) is 26.5. The number of hydrogen-bond acceptors (Lipinski definition) is 8. The number of nitrogens with two attached hydrogens (primary N) is 1. The molecule has 0 atom stereocenters. The lowest BCUT2D eigenvalue weighted by Gasteiger charge is -2.17. The molecule has 2 heterocycles. The number of halogens is 1. The Hall–Kier alpha value is -4.57. The zero-order valence-electron chi connectivity index (χ0n) is 20.5. The second kappa shape index (κ2) is 11.2. The Morgan fingerprint density at radius 1 is 0.974 bits per heavy atom. The van der Waals surface area contributed by atoms with Crippen LogP contribution in [0.1, 0.15) is 23.9 Å². The molecule has 190 valence electrons. The minimum Gasteiger partial charge on any atom is -0.368 e. The van der Waals surface area contributed by atoms with Crippen LogP contribution in [0.4, 0.5) is 27.7 Å². The molecule has 1 aromatic heterocycles. The monoisotopic (exact) mass is 525 g/mol. The average Bonchev–Trinajstić information content (AvgIpc) is 3.23. The third-order valence-corrected chi connectivity index (χ3v) is 6.63. The molecule has 8 nitrogen and oxygen atoms in total. The number of thioether (sulfide) groups is 1. The van der Waals surface area contributed by atoms with Crippen molar-refractivity contribution in [3.63, 3.8) is 0 Å². The number of anilines is 4. The Balaban J connectivity index is 1.41. The second-order valence-electron chi connectivity index (χ2n) is 8.31. The lowest BCUT2D eigenvalue weighted by atomic mass is 10.1. The van der Waals surface area contributed by atoms with Crippen molar-refractivity contribution < 1.29 is 9.18 Å². The summed E-state index contributed by atoms with van der Waals surface area (Å²) >= 11 is 1.28. The van der Waals surface area contributed by atoms with Gasteiger partial charge in [0.25, 0.3) is 5.91 Å². The van der Waals surface area contributed by atoms with Crippen LogP contribution in [0.15, 0.2) is 89.6 Å². The molecule has 0 fully saturated rings. The molecule has 38 heavy (non-hydrogen) atoms. The number of hydrogen-bond donors (Lipinski definition) is 2. The number of nitrogen functional groups attached to an aromatic ring is 1. The molecule has 1 aliphatic rings. The fraction of sp³-hybridized carbons (Fsp3) is 0.107. The van der Waals surface area contributed by atoms with Crippen LogP contribution >= 0.6 is 11.8 Å². The van der Waals surface area contributed by atoms with Crippen LogP contribution in [0.2, 0.25) is 0 Å². The van der Waals surface area contributed by atoms with E-state index in [4.69, 9.17) is 5.73 Å². The predicted molar refractivity (Wildman–Crippen MR) is 150 cm³/mol. The molecule has 10 heteroatoms. The van der Waals surface area contributed by atoms with E-state index in [2.05, 4.69) is 32.2 Å². The Labute approximate surface area is 223 Å². The summed E-state index contributed by atoms with van der Waals surface area (Å²) in [4.78, 5) is 32.4. The smallest absolute Gasteiger partial charge is 0.283 e. The number of aromatic nitrogens is 3. The van der Waals surface area contributed by atoms with E-state index >= 15 is 0 Å². The molecule has 1 amide bonds. The molecule has 0 aliphatic carbocycles. The first-order valence-electron chi connectivity index (χ1n) is 11.9. The highest BCUT2D eigenvalue weighted by atomic mass is 32.2. The molecule has 3 aromatic carbocycles. The first kappa shape index (κ1) is 25.1. The van der Waals surface area contributed by atoms with Crippen LogP contribution in [0, 0.1) is 5.82 Å². The molecule has 0 saturated heterocycles. The topological polar surface area (TPSA) is 109 Å². The van der Waals surface area contributed by atoms with E-state index in [9.17, 15) is 9.18 Å². The van der Waals surface area contributed by atoms with Gasteiger partial charge in [0, 0.05) is 5.69 Å². The Morgan fingerprint density at radius 3 is 2.47 bits per heavy atom. The maximum absolute atomic E-state index is 13.6. The van der Waals surface area contributed by atoms with Gasteiger partial charge < -0.3 is 11.1 Å². The van der Waals surface area contributed by atoms with Crippen LogP contribution in [-0.2, 0) is 17.0 Å². The summed E-state index contributed by atoms with van der Waals surface area (Å²) in [6.07, 6.45) is 2.57. The molecule has 1 aliphatic heterocycles. The molecule has 3 N–H and O–H groups in total. The summed E-state index contributed by atoms with van der Waals surface area (Å²) < 4.78 is 13.6. The Kier molecular flexibility index (Phi) is 7.41. The minimum absolute atomic E-state index is 0.0802. The summed E-state index contributed by atoms with van der Waals surface area (Å²) in [5.74, 6) is 0.413. The largest absolute Gasteiger partial charge is 0.368 e. The van der Waals surface area contributed by atoms with Crippen molar-refractivity contribution in [3.05, 3.63) is 107 Å². The second-order valence-corrected chi connectivity index (χ2v) is 9.25. The highest BCUT2D eigenvalue weighted by Crippen LogP contribution is 2.31. The molecule has 0 bridgehead atoms. The Bertz CT molecular complexity index is 1520. The van der Waals surface area contributed by atoms with Gasteiger partial charge in [-0.25, -0.2) is 9.38 Å².